The van der Waals surface area contributed by atoms with E-state index in [1.807, 2.05) is 13.8 Å². The Kier molecular flexibility index (Phi) is 3.92. The Balaban J connectivity index is 1.57. The molecule has 0 aromatic carbocycles. The maximum absolute atomic E-state index is 10.0. The minimum absolute atomic E-state index is 0.558. The molecule has 0 aliphatic heterocycles. The molecule has 0 unspecified atom stereocenters. The van der Waals surface area contributed by atoms with E-state index in [1.165, 1.54) is 32.2 Å². The first kappa shape index (κ1) is 14.8. The minimum Gasteiger partial charge on any atom is -0.389 e. The highest BCUT2D eigenvalue weighted by Gasteiger charge is 2.50. The summed E-state index contributed by atoms with van der Waals surface area (Å²) in [4.78, 5) is 2.46. The molecule has 0 atom stereocenters. The largest absolute Gasteiger partial charge is 0.389 e. The zero-order valence-corrected chi connectivity index (χ0v) is 13.7. The number of hydrogen-bond donors (Lipinski definition) is 1. The topological polar surface area (TPSA) is 23.5 Å². The fourth-order valence-corrected chi connectivity index (χ4v) is 5.89. The number of likely N-dealkylation sites (N-methyl/N-ethyl adjacent to an activating group) is 1. The summed E-state index contributed by atoms with van der Waals surface area (Å²) in [6, 6.07) is 0. The van der Waals surface area contributed by atoms with Crippen molar-refractivity contribution < 1.29 is 5.11 Å². The van der Waals surface area contributed by atoms with Gasteiger partial charge in [0, 0.05) is 6.54 Å². The summed E-state index contributed by atoms with van der Waals surface area (Å²) in [5.41, 5.74) is 0.124. The molecule has 0 spiro atoms. The van der Waals surface area contributed by atoms with Crippen molar-refractivity contribution in [1.82, 2.24) is 4.90 Å². The number of rotatable bonds is 6. The fourth-order valence-electron chi connectivity index (χ4n) is 5.89. The Hall–Kier alpha value is -0.0800. The van der Waals surface area contributed by atoms with Crippen LogP contribution in [0.5, 0.6) is 0 Å². The molecule has 1 N–H and O–H groups in total. The molecule has 4 bridgehead atoms. The van der Waals surface area contributed by atoms with E-state index in [1.54, 1.807) is 19.3 Å². The maximum Gasteiger partial charge on any atom is 0.0718 e. The van der Waals surface area contributed by atoms with Crippen molar-refractivity contribution in [2.75, 3.05) is 19.6 Å². The molecule has 4 aliphatic rings. The van der Waals surface area contributed by atoms with Crippen LogP contribution in [0.2, 0.25) is 0 Å². The highest BCUT2D eigenvalue weighted by molar-refractivity contribution is 5.01. The fraction of sp³-hybridized carbons (Fsp3) is 1.00. The SMILES string of the molecule is CCN(CCC12CC3CC(CC(C3)C1)C2)CC(C)(C)O. The van der Waals surface area contributed by atoms with Crippen LogP contribution in [0.4, 0.5) is 0 Å². The number of aliphatic hydroxyl groups is 1. The predicted octanol–water partition coefficient (Wildman–Crippen LogP) is 3.69. The van der Waals surface area contributed by atoms with Gasteiger partial charge in [0.25, 0.3) is 0 Å². The first-order valence-electron chi connectivity index (χ1n) is 8.82. The summed E-state index contributed by atoms with van der Waals surface area (Å²) in [6.45, 7) is 9.16. The highest BCUT2D eigenvalue weighted by Crippen LogP contribution is 2.61. The Morgan fingerprint density at radius 3 is 1.95 bits per heavy atom. The van der Waals surface area contributed by atoms with Crippen LogP contribution in [0.25, 0.3) is 0 Å². The summed E-state index contributed by atoms with van der Waals surface area (Å²) in [6.07, 6.45) is 10.5. The van der Waals surface area contributed by atoms with E-state index in [0.717, 1.165) is 30.8 Å². The van der Waals surface area contributed by atoms with Gasteiger partial charge in [-0.05, 0) is 95.1 Å². The summed E-state index contributed by atoms with van der Waals surface area (Å²) in [5, 5.41) is 10.0. The molecule has 4 saturated carbocycles. The molecule has 0 amide bonds. The molecular weight excluding hydrogens is 246 g/mol. The van der Waals surface area contributed by atoms with Crippen LogP contribution in [0.1, 0.15) is 65.7 Å². The lowest BCUT2D eigenvalue weighted by Crippen LogP contribution is -2.48. The van der Waals surface area contributed by atoms with Gasteiger partial charge in [-0.1, -0.05) is 6.92 Å². The van der Waals surface area contributed by atoms with Crippen LogP contribution in [-0.4, -0.2) is 35.2 Å². The lowest BCUT2D eigenvalue weighted by molar-refractivity contribution is -0.0634. The van der Waals surface area contributed by atoms with E-state index in [9.17, 15) is 5.11 Å². The monoisotopic (exact) mass is 279 g/mol. The normalized spacial score (nSPS) is 39.8. The van der Waals surface area contributed by atoms with Crippen molar-refractivity contribution in [3.05, 3.63) is 0 Å². The molecule has 0 saturated heterocycles. The van der Waals surface area contributed by atoms with Crippen LogP contribution in [0.3, 0.4) is 0 Å². The van der Waals surface area contributed by atoms with E-state index in [-0.39, 0.29) is 0 Å². The predicted molar refractivity (Wildman–Crippen MR) is 83.6 cm³/mol. The van der Waals surface area contributed by atoms with Crippen LogP contribution < -0.4 is 0 Å². The molecule has 0 aromatic rings. The van der Waals surface area contributed by atoms with Gasteiger partial charge in [0.1, 0.15) is 0 Å². The first-order chi connectivity index (χ1) is 9.37. The van der Waals surface area contributed by atoms with E-state index in [0.29, 0.717) is 5.41 Å². The summed E-state index contributed by atoms with van der Waals surface area (Å²) in [7, 11) is 0. The van der Waals surface area contributed by atoms with Gasteiger partial charge in [0.15, 0.2) is 0 Å². The lowest BCUT2D eigenvalue weighted by atomic mass is 9.49. The average Bonchev–Trinajstić information content (AvgIpc) is 2.31. The molecule has 0 radical (unpaired) electrons. The van der Waals surface area contributed by atoms with Crippen molar-refractivity contribution in [3.63, 3.8) is 0 Å². The highest BCUT2D eigenvalue weighted by atomic mass is 16.3. The Morgan fingerprint density at radius 1 is 1.05 bits per heavy atom. The summed E-state index contributed by atoms with van der Waals surface area (Å²) in [5.74, 6) is 3.18. The smallest absolute Gasteiger partial charge is 0.0718 e. The van der Waals surface area contributed by atoms with Crippen molar-refractivity contribution in [2.45, 2.75) is 71.3 Å². The van der Waals surface area contributed by atoms with Crippen LogP contribution in [0.15, 0.2) is 0 Å². The number of hydrogen-bond acceptors (Lipinski definition) is 2. The van der Waals surface area contributed by atoms with Crippen molar-refractivity contribution in [2.24, 2.45) is 23.2 Å². The quantitative estimate of drug-likeness (QED) is 0.801. The summed E-state index contributed by atoms with van der Waals surface area (Å²) < 4.78 is 0. The zero-order valence-electron chi connectivity index (χ0n) is 13.7. The molecule has 4 fully saturated rings. The third-order valence-corrected chi connectivity index (χ3v) is 6.18. The molecule has 2 nitrogen and oxygen atoms in total. The zero-order chi connectivity index (χ0) is 14.4. The minimum atomic E-state index is -0.558. The lowest BCUT2D eigenvalue weighted by Gasteiger charge is -2.57. The van der Waals surface area contributed by atoms with E-state index in [2.05, 4.69) is 11.8 Å². The third-order valence-electron chi connectivity index (χ3n) is 6.18. The van der Waals surface area contributed by atoms with Crippen LogP contribution >= 0.6 is 0 Å². The van der Waals surface area contributed by atoms with Gasteiger partial charge in [-0.25, -0.2) is 0 Å². The second-order valence-corrected chi connectivity index (χ2v) is 8.85. The molecule has 20 heavy (non-hydrogen) atoms. The van der Waals surface area contributed by atoms with Gasteiger partial charge < -0.3 is 10.0 Å². The molecule has 4 aliphatic carbocycles. The Labute approximate surface area is 124 Å². The second kappa shape index (κ2) is 5.28. The van der Waals surface area contributed by atoms with Crippen LogP contribution in [0, 0.1) is 23.2 Å². The van der Waals surface area contributed by atoms with E-state index in [4.69, 9.17) is 0 Å². The van der Waals surface area contributed by atoms with Gasteiger partial charge in [0.2, 0.25) is 0 Å². The van der Waals surface area contributed by atoms with E-state index >= 15 is 0 Å². The van der Waals surface area contributed by atoms with Crippen molar-refractivity contribution in [1.29, 1.82) is 0 Å². The van der Waals surface area contributed by atoms with Crippen molar-refractivity contribution >= 4 is 0 Å². The van der Waals surface area contributed by atoms with Gasteiger partial charge in [-0.15, -0.1) is 0 Å². The summed E-state index contributed by atoms with van der Waals surface area (Å²) >= 11 is 0. The average molecular weight is 279 g/mol. The number of nitrogens with zero attached hydrogens (tertiary/aromatic N) is 1. The third kappa shape index (κ3) is 3.22. The Bertz CT molecular complexity index is 309. The van der Waals surface area contributed by atoms with Gasteiger partial charge in [-0.3, -0.25) is 0 Å². The van der Waals surface area contributed by atoms with E-state index < -0.39 is 5.60 Å². The first-order valence-corrected chi connectivity index (χ1v) is 8.82. The van der Waals surface area contributed by atoms with Crippen LogP contribution in [-0.2, 0) is 0 Å². The Morgan fingerprint density at radius 2 is 1.55 bits per heavy atom. The second-order valence-electron chi connectivity index (χ2n) is 8.85. The van der Waals surface area contributed by atoms with Gasteiger partial charge in [0.05, 0.1) is 5.60 Å². The molecule has 116 valence electrons. The molecule has 4 rings (SSSR count). The van der Waals surface area contributed by atoms with Gasteiger partial charge >= 0.3 is 0 Å². The van der Waals surface area contributed by atoms with Gasteiger partial charge in [-0.2, -0.15) is 0 Å². The molecule has 0 heterocycles. The molecule has 2 heteroatoms. The van der Waals surface area contributed by atoms with Crippen molar-refractivity contribution in [3.8, 4) is 0 Å². The maximum atomic E-state index is 10.0. The molecule has 0 aromatic heterocycles. The standard InChI is InChI=1S/C18H33NO/c1-4-19(13-17(2,3)20)6-5-18-10-14-7-15(11-18)9-16(8-14)12-18/h14-16,20H,4-13H2,1-3H3. The molecular formula is C18H33NO.